The number of hydrogen-bond donors (Lipinski definition) is 0. The van der Waals surface area contributed by atoms with Gasteiger partial charge in [0, 0.05) is 0 Å². The van der Waals surface area contributed by atoms with Gasteiger partial charge in [-0.25, -0.2) is 0 Å². The van der Waals surface area contributed by atoms with Gasteiger partial charge >= 0.3 is 67.0 Å². The summed E-state index contributed by atoms with van der Waals surface area (Å²) in [4.78, 5) is 0. The van der Waals surface area contributed by atoms with Crippen LogP contribution in [0.15, 0.2) is 0 Å². The molecule has 1 aliphatic heterocycles. The van der Waals surface area contributed by atoms with Crippen LogP contribution in [0.3, 0.4) is 0 Å². The Morgan fingerprint density at radius 1 is 1.71 bits per heavy atom. The van der Waals surface area contributed by atoms with Crippen molar-refractivity contribution in [1.29, 1.82) is 0 Å². The topological polar surface area (TPSA) is 0 Å². The molecule has 7 heavy (non-hydrogen) atoms. The third kappa shape index (κ3) is 2.07. The molecule has 1 rings (SSSR count). The molecule has 0 saturated carbocycles. The standard InChI is InChI=1S/C4H7S2.Sb/c1-5-4-2-6-3-4;/h4H,1-3H2;. The van der Waals surface area contributed by atoms with Crippen LogP contribution in [0.4, 0.5) is 0 Å². The van der Waals surface area contributed by atoms with Crippen LogP contribution in [0.25, 0.3) is 0 Å². The molecule has 1 fully saturated rings. The molecular formula is C4H7S2Sb. The van der Waals surface area contributed by atoms with Gasteiger partial charge < -0.3 is 0 Å². The normalized spacial score (nSPS) is 21.9. The van der Waals surface area contributed by atoms with E-state index in [0.29, 0.717) is 0 Å². The summed E-state index contributed by atoms with van der Waals surface area (Å²) in [5, 5.41) is 1.02. The van der Waals surface area contributed by atoms with Crippen molar-refractivity contribution in [3.63, 3.8) is 0 Å². The van der Waals surface area contributed by atoms with E-state index in [0.717, 1.165) is 5.25 Å². The van der Waals surface area contributed by atoms with E-state index in [4.69, 9.17) is 0 Å². The van der Waals surface area contributed by atoms with E-state index in [1.165, 1.54) is 15.2 Å². The Kier molecular flexibility index (Phi) is 3.34. The van der Waals surface area contributed by atoms with Crippen LogP contribution in [-0.2, 0) is 0 Å². The molecule has 1 aliphatic rings. The third-order valence-corrected chi connectivity index (χ3v) is 4.85. The van der Waals surface area contributed by atoms with Crippen LogP contribution < -0.4 is 0 Å². The second-order valence-corrected chi connectivity index (χ2v) is 6.00. The van der Waals surface area contributed by atoms with E-state index < -0.39 is 0 Å². The van der Waals surface area contributed by atoms with E-state index in [9.17, 15) is 0 Å². The van der Waals surface area contributed by atoms with E-state index >= 15 is 0 Å². The first-order valence-corrected chi connectivity index (χ1v) is 6.24. The summed E-state index contributed by atoms with van der Waals surface area (Å²) in [6, 6.07) is 0. The van der Waals surface area contributed by atoms with Gasteiger partial charge in [-0.05, 0) is 0 Å². The summed E-state index contributed by atoms with van der Waals surface area (Å²) < 4.78 is 1.35. The number of hydrogen-bond acceptors (Lipinski definition) is 2. The fourth-order valence-electron chi connectivity index (χ4n) is 0.416. The number of rotatable bonds is 2. The first-order chi connectivity index (χ1) is 3.43. The van der Waals surface area contributed by atoms with Gasteiger partial charge in [0.2, 0.25) is 0 Å². The van der Waals surface area contributed by atoms with Crippen LogP contribution in [0.1, 0.15) is 0 Å². The quantitative estimate of drug-likeness (QED) is 0.660. The van der Waals surface area contributed by atoms with Gasteiger partial charge in [-0.1, -0.05) is 0 Å². The first kappa shape index (κ1) is 6.64. The van der Waals surface area contributed by atoms with E-state index in [-0.39, 0.29) is 0 Å². The molecule has 0 aromatic heterocycles. The fourth-order valence-corrected chi connectivity index (χ4v) is 4.21. The summed E-state index contributed by atoms with van der Waals surface area (Å²) >= 11 is 6.11. The monoisotopic (exact) mass is 240 g/mol. The van der Waals surface area contributed by atoms with Crippen molar-refractivity contribution in [3.05, 3.63) is 0 Å². The molecule has 0 aromatic rings. The Labute approximate surface area is 66.7 Å². The molecule has 0 bridgehead atoms. The zero-order valence-electron chi connectivity index (χ0n) is 3.96. The van der Waals surface area contributed by atoms with Crippen molar-refractivity contribution in [2.24, 2.45) is 0 Å². The predicted octanol–water partition coefficient (Wildman–Crippen LogP) is 0.961. The minimum atomic E-state index is 1.02. The predicted molar refractivity (Wildman–Crippen MR) is 39.3 cm³/mol. The van der Waals surface area contributed by atoms with Gasteiger partial charge in [-0.15, -0.1) is 0 Å². The molecule has 2 radical (unpaired) electrons. The molecule has 0 nitrogen and oxygen atoms in total. The Bertz CT molecular complexity index is 53.7. The Morgan fingerprint density at radius 2 is 2.43 bits per heavy atom. The zero-order chi connectivity index (χ0) is 5.11. The van der Waals surface area contributed by atoms with Gasteiger partial charge in [-0.3, -0.25) is 0 Å². The molecule has 0 aliphatic carbocycles. The van der Waals surface area contributed by atoms with E-state index in [1.807, 2.05) is 23.0 Å². The molecule has 0 atom stereocenters. The van der Waals surface area contributed by atoms with Crippen molar-refractivity contribution in [2.45, 2.75) is 5.25 Å². The van der Waals surface area contributed by atoms with Crippen molar-refractivity contribution in [3.8, 4) is 0 Å². The summed E-state index contributed by atoms with van der Waals surface area (Å²) in [7, 11) is 0. The maximum absolute atomic E-state index is 2.12. The molecule has 0 unspecified atom stereocenters. The van der Waals surface area contributed by atoms with Crippen LogP contribution in [0.2, 0.25) is 0 Å². The van der Waals surface area contributed by atoms with Crippen LogP contribution >= 0.6 is 23.5 Å². The molecule has 0 amide bonds. The summed E-state index contributed by atoms with van der Waals surface area (Å²) in [5.41, 5.74) is 0. The Hall–Kier alpha value is 1.52. The average molecular weight is 241 g/mol. The van der Waals surface area contributed by atoms with Gasteiger partial charge in [0.15, 0.2) is 0 Å². The zero-order valence-corrected chi connectivity index (χ0v) is 8.15. The van der Waals surface area contributed by atoms with Gasteiger partial charge in [0.05, 0.1) is 0 Å². The van der Waals surface area contributed by atoms with Gasteiger partial charge in [0.1, 0.15) is 0 Å². The van der Waals surface area contributed by atoms with E-state index in [2.05, 4.69) is 23.5 Å². The number of thioether (sulfide) groups is 2. The second-order valence-electron chi connectivity index (χ2n) is 1.46. The molecule has 40 valence electrons. The molecular weight excluding hydrogens is 234 g/mol. The third-order valence-electron chi connectivity index (χ3n) is 0.918. The summed E-state index contributed by atoms with van der Waals surface area (Å²) in [5.74, 6) is 2.82. The average Bonchev–Trinajstić information content (AvgIpc) is 1.55. The molecule has 1 heterocycles. The van der Waals surface area contributed by atoms with Gasteiger partial charge in [-0.2, -0.15) is 0 Å². The maximum atomic E-state index is 2.12. The second kappa shape index (κ2) is 3.53. The van der Waals surface area contributed by atoms with Crippen molar-refractivity contribution in [2.75, 3.05) is 15.2 Å². The first-order valence-electron chi connectivity index (χ1n) is 2.23. The molecule has 0 N–H and O–H groups in total. The molecule has 0 aromatic carbocycles. The van der Waals surface area contributed by atoms with Crippen molar-refractivity contribution >= 4 is 46.5 Å². The fraction of sp³-hybridized carbons (Fsp3) is 1.00. The molecule has 1 saturated heterocycles. The molecule has 3 heteroatoms. The van der Waals surface area contributed by atoms with Crippen LogP contribution in [-0.4, -0.2) is 43.5 Å². The van der Waals surface area contributed by atoms with Crippen molar-refractivity contribution in [1.82, 2.24) is 0 Å². The van der Waals surface area contributed by atoms with Crippen molar-refractivity contribution < 1.29 is 0 Å². The van der Waals surface area contributed by atoms with Crippen LogP contribution in [0, 0.1) is 0 Å². The van der Waals surface area contributed by atoms with Crippen LogP contribution in [0.5, 0.6) is 0 Å². The minimum absolute atomic E-state index is 1.02. The molecule has 0 spiro atoms. The summed E-state index contributed by atoms with van der Waals surface area (Å²) in [6.07, 6.45) is 0. The SMILES string of the molecule is [Sb][CH2]SC1CSC1. The summed E-state index contributed by atoms with van der Waals surface area (Å²) in [6.45, 7) is 0. The Morgan fingerprint density at radius 3 is 2.57 bits per heavy atom. The Balaban J connectivity index is 1.93. The van der Waals surface area contributed by atoms with Gasteiger partial charge in [0.25, 0.3) is 0 Å². The van der Waals surface area contributed by atoms with E-state index in [1.54, 1.807) is 0 Å².